The van der Waals surface area contributed by atoms with Gasteiger partial charge in [-0.3, -0.25) is 4.79 Å². The Bertz CT molecular complexity index is 369. The molecule has 1 aromatic carbocycles. The first-order valence-electron chi connectivity index (χ1n) is 5.47. The van der Waals surface area contributed by atoms with Crippen molar-refractivity contribution in [1.29, 1.82) is 0 Å². The molecule has 3 heteroatoms. The first-order chi connectivity index (χ1) is 7.54. The second-order valence-electron chi connectivity index (χ2n) is 3.84. The molecule has 0 heterocycles. The van der Waals surface area contributed by atoms with E-state index < -0.39 is 6.10 Å². The van der Waals surface area contributed by atoms with Crippen LogP contribution >= 0.6 is 0 Å². The van der Waals surface area contributed by atoms with Crippen LogP contribution in [0.5, 0.6) is 0 Å². The van der Waals surface area contributed by atoms with Crippen molar-refractivity contribution in [2.45, 2.75) is 33.3 Å². The summed E-state index contributed by atoms with van der Waals surface area (Å²) in [5.41, 5.74) is 2.82. The normalized spacial score (nSPS) is 12.2. The molecule has 1 unspecified atom stereocenters. The van der Waals surface area contributed by atoms with Crippen LogP contribution in [0.25, 0.3) is 0 Å². The largest absolute Gasteiger partial charge is 0.466 e. The molecule has 0 radical (unpaired) electrons. The molecule has 1 aromatic rings. The molecule has 0 spiro atoms. The van der Waals surface area contributed by atoms with Crippen molar-refractivity contribution < 1.29 is 14.6 Å². The number of aliphatic hydroxyl groups is 1. The summed E-state index contributed by atoms with van der Waals surface area (Å²) >= 11 is 0. The molecule has 0 amide bonds. The van der Waals surface area contributed by atoms with Crippen molar-refractivity contribution in [3.8, 4) is 0 Å². The van der Waals surface area contributed by atoms with Crippen LogP contribution in [0.15, 0.2) is 18.2 Å². The third-order valence-corrected chi connectivity index (χ3v) is 2.49. The Morgan fingerprint density at radius 1 is 1.50 bits per heavy atom. The molecule has 0 aliphatic rings. The number of ether oxygens (including phenoxy) is 1. The minimum atomic E-state index is -0.477. The lowest BCUT2D eigenvalue weighted by Crippen LogP contribution is -2.08. The summed E-state index contributed by atoms with van der Waals surface area (Å²) in [6.45, 7) is 5.85. The number of hydrogen-bond acceptors (Lipinski definition) is 3. The maximum atomic E-state index is 11.3. The van der Waals surface area contributed by atoms with Crippen LogP contribution in [-0.4, -0.2) is 17.7 Å². The molecular weight excluding hydrogens is 204 g/mol. The smallest absolute Gasteiger partial charge is 0.310 e. The van der Waals surface area contributed by atoms with Crippen LogP contribution in [0, 0.1) is 6.92 Å². The van der Waals surface area contributed by atoms with E-state index in [1.807, 2.05) is 25.1 Å². The Morgan fingerprint density at radius 2 is 2.19 bits per heavy atom. The van der Waals surface area contributed by atoms with Crippen molar-refractivity contribution in [2.75, 3.05) is 6.61 Å². The fourth-order valence-electron chi connectivity index (χ4n) is 1.54. The lowest BCUT2D eigenvalue weighted by atomic mass is 10.0. The van der Waals surface area contributed by atoms with Gasteiger partial charge in [-0.15, -0.1) is 0 Å². The Morgan fingerprint density at radius 3 is 2.69 bits per heavy atom. The number of benzene rings is 1. The first kappa shape index (κ1) is 12.7. The number of carbonyl (C=O) groups is 1. The van der Waals surface area contributed by atoms with Gasteiger partial charge in [0.2, 0.25) is 0 Å². The van der Waals surface area contributed by atoms with E-state index in [0.717, 1.165) is 16.7 Å². The van der Waals surface area contributed by atoms with Crippen LogP contribution in [0.2, 0.25) is 0 Å². The molecule has 0 saturated heterocycles. The zero-order valence-corrected chi connectivity index (χ0v) is 9.99. The predicted molar refractivity (Wildman–Crippen MR) is 62.1 cm³/mol. The van der Waals surface area contributed by atoms with Gasteiger partial charge in [0, 0.05) is 0 Å². The summed E-state index contributed by atoms with van der Waals surface area (Å²) in [7, 11) is 0. The van der Waals surface area contributed by atoms with Crippen LogP contribution in [-0.2, 0) is 16.0 Å². The quantitative estimate of drug-likeness (QED) is 0.794. The minimum Gasteiger partial charge on any atom is -0.466 e. The topological polar surface area (TPSA) is 46.5 Å². The highest BCUT2D eigenvalue weighted by molar-refractivity contribution is 5.73. The van der Waals surface area contributed by atoms with E-state index in [1.54, 1.807) is 13.8 Å². The van der Waals surface area contributed by atoms with Gasteiger partial charge in [-0.25, -0.2) is 0 Å². The van der Waals surface area contributed by atoms with Crippen molar-refractivity contribution in [2.24, 2.45) is 0 Å². The minimum absolute atomic E-state index is 0.213. The van der Waals surface area contributed by atoms with Crippen LogP contribution in [0.3, 0.4) is 0 Å². The second-order valence-corrected chi connectivity index (χ2v) is 3.84. The summed E-state index contributed by atoms with van der Waals surface area (Å²) < 4.78 is 4.89. The van der Waals surface area contributed by atoms with Crippen molar-refractivity contribution in [3.05, 3.63) is 34.9 Å². The molecule has 0 fully saturated rings. The summed E-state index contributed by atoms with van der Waals surface area (Å²) in [5, 5.41) is 9.41. The second kappa shape index (κ2) is 5.66. The van der Waals surface area contributed by atoms with Gasteiger partial charge in [0.15, 0.2) is 0 Å². The molecular formula is C13H18O3. The summed E-state index contributed by atoms with van der Waals surface area (Å²) in [6, 6.07) is 5.61. The molecule has 1 rings (SSSR count). The van der Waals surface area contributed by atoms with E-state index in [2.05, 4.69) is 0 Å². The van der Waals surface area contributed by atoms with Crippen LogP contribution < -0.4 is 0 Å². The SMILES string of the molecule is CCOC(=O)Cc1ccc(C(C)O)cc1C. The average molecular weight is 222 g/mol. The molecule has 88 valence electrons. The Kier molecular flexibility index (Phi) is 4.50. The number of rotatable bonds is 4. The Labute approximate surface area is 96.1 Å². The van der Waals surface area contributed by atoms with Gasteiger partial charge in [-0.1, -0.05) is 18.2 Å². The molecule has 0 aromatic heterocycles. The number of carbonyl (C=O) groups excluding carboxylic acids is 1. The number of hydrogen-bond donors (Lipinski definition) is 1. The third kappa shape index (κ3) is 3.35. The van der Waals surface area contributed by atoms with Crippen molar-refractivity contribution in [3.63, 3.8) is 0 Å². The number of aliphatic hydroxyl groups excluding tert-OH is 1. The van der Waals surface area contributed by atoms with Crippen LogP contribution in [0.1, 0.15) is 36.6 Å². The van der Waals surface area contributed by atoms with E-state index in [4.69, 9.17) is 4.74 Å². The van der Waals surface area contributed by atoms with E-state index in [0.29, 0.717) is 13.0 Å². The number of aryl methyl sites for hydroxylation is 1. The highest BCUT2D eigenvalue weighted by atomic mass is 16.5. The maximum absolute atomic E-state index is 11.3. The lowest BCUT2D eigenvalue weighted by Gasteiger charge is -2.10. The Hall–Kier alpha value is -1.35. The van der Waals surface area contributed by atoms with Crippen LogP contribution in [0.4, 0.5) is 0 Å². The van der Waals surface area contributed by atoms with E-state index in [1.165, 1.54) is 0 Å². The highest BCUT2D eigenvalue weighted by Crippen LogP contribution is 2.17. The fraction of sp³-hybridized carbons (Fsp3) is 0.462. The van der Waals surface area contributed by atoms with Gasteiger partial charge >= 0.3 is 5.97 Å². The highest BCUT2D eigenvalue weighted by Gasteiger charge is 2.08. The summed E-state index contributed by atoms with van der Waals surface area (Å²) in [6.07, 6.45) is -0.185. The summed E-state index contributed by atoms with van der Waals surface area (Å²) in [4.78, 5) is 11.3. The first-order valence-corrected chi connectivity index (χ1v) is 5.47. The van der Waals surface area contributed by atoms with Gasteiger partial charge < -0.3 is 9.84 Å². The predicted octanol–water partition coefficient (Wildman–Crippen LogP) is 2.15. The molecule has 3 nitrogen and oxygen atoms in total. The van der Waals surface area contributed by atoms with Gasteiger partial charge in [0.1, 0.15) is 0 Å². The molecule has 16 heavy (non-hydrogen) atoms. The molecule has 0 bridgehead atoms. The third-order valence-electron chi connectivity index (χ3n) is 2.49. The monoisotopic (exact) mass is 222 g/mol. The molecule has 0 aliphatic carbocycles. The van der Waals surface area contributed by atoms with E-state index in [-0.39, 0.29) is 5.97 Å². The average Bonchev–Trinajstić information content (AvgIpc) is 2.21. The number of esters is 1. The molecule has 0 aliphatic heterocycles. The van der Waals surface area contributed by atoms with Crippen molar-refractivity contribution in [1.82, 2.24) is 0 Å². The lowest BCUT2D eigenvalue weighted by molar-refractivity contribution is -0.142. The van der Waals surface area contributed by atoms with Crippen molar-refractivity contribution >= 4 is 5.97 Å². The molecule has 1 N–H and O–H groups in total. The zero-order valence-electron chi connectivity index (χ0n) is 9.99. The fourth-order valence-corrected chi connectivity index (χ4v) is 1.54. The zero-order chi connectivity index (χ0) is 12.1. The molecule has 1 atom stereocenters. The summed E-state index contributed by atoms with van der Waals surface area (Å²) in [5.74, 6) is -0.213. The molecule has 0 saturated carbocycles. The Balaban J connectivity index is 2.79. The van der Waals surface area contributed by atoms with Gasteiger partial charge in [0.05, 0.1) is 19.1 Å². The van der Waals surface area contributed by atoms with Gasteiger partial charge in [-0.2, -0.15) is 0 Å². The van der Waals surface area contributed by atoms with E-state index in [9.17, 15) is 9.90 Å². The standard InChI is InChI=1S/C13H18O3/c1-4-16-13(15)8-11-5-6-12(10(3)14)7-9(11)2/h5-7,10,14H,4,8H2,1-3H3. The van der Waals surface area contributed by atoms with Gasteiger partial charge in [-0.05, 0) is 37.5 Å². The van der Waals surface area contributed by atoms with Gasteiger partial charge in [0.25, 0.3) is 0 Å². The maximum Gasteiger partial charge on any atom is 0.310 e. The van der Waals surface area contributed by atoms with E-state index >= 15 is 0 Å².